The van der Waals surface area contributed by atoms with Crippen molar-refractivity contribution in [2.45, 2.75) is 52.9 Å². The van der Waals surface area contributed by atoms with Crippen molar-refractivity contribution in [2.24, 2.45) is 17.8 Å². The van der Waals surface area contributed by atoms with Crippen LogP contribution < -0.4 is 5.32 Å². The fourth-order valence-corrected chi connectivity index (χ4v) is 2.64. The van der Waals surface area contributed by atoms with Gasteiger partial charge in [0.05, 0.1) is 0 Å². The van der Waals surface area contributed by atoms with Crippen LogP contribution in [0.3, 0.4) is 0 Å². The van der Waals surface area contributed by atoms with Crippen molar-refractivity contribution >= 4 is 0 Å². The molecule has 0 amide bonds. The van der Waals surface area contributed by atoms with Crippen molar-refractivity contribution in [3.8, 4) is 0 Å². The lowest BCUT2D eigenvalue weighted by Gasteiger charge is -2.25. The highest BCUT2D eigenvalue weighted by molar-refractivity contribution is 4.76. The first-order valence-electron chi connectivity index (χ1n) is 6.46. The summed E-state index contributed by atoms with van der Waals surface area (Å²) in [6, 6.07) is 0. The first-order valence-corrected chi connectivity index (χ1v) is 6.46. The van der Waals surface area contributed by atoms with Crippen LogP contribution in [0.4, 0.5) is 0 Å². The monoisotopic (exact) mass is 197 g/mol. The van der Waals surface area contributed by atoms with Gasteiger partial charge in [-0.1, -0.05) is 46.5 Å². The smallest absolute Gasteiger partial charge is 0.00205 e. The summed E-state index contributed by atoms with van der Waals surface area (Å²) in [6.07, 6.45) is 7.18. The number of nitrogens with one attached hydrogen (secondary N) is 1. The molecule has 14 heavy (non-hydrogen) atoms. The third kappa shape index (κ3) is 3.61. The molecule has 1 N–H and O–H groups in total. The Morgan fingerprint density at radius 3 is 2.43 bits per heavy atom. The van der Waals surface area contributed by atoms with Gasteiger partial charge in [-0.2, -0.15) is 0 Å². The van der Waals surface area contributed by atoms with Crippen LogP contribution in [-0.2, 0) is 0 Å². The maximum atomic E-state index is 3.54. The van der Waals surface area contributed by atoms with E-state index in [4.69, 9.17) is 0 Å². The van der Waals surface area contributed by atoms with Gasteiger partial charge in [0.1, 0.15) is 0 Å². The molecule has 1 heteroatoms. The summed E-state index contributed by atoms with van der Waals surface area (Å²) in [5.74, 6) is 2.79. The average Bonchev–Trinajstić information content (AvgIpc) is 2.69. The third-order valence-electron chi connectivity index (χ3n) is 3.93. The van der Waals surface area contributed by atoms with Crippen LogP contribution in [0.1, 0.15) is 52.9 Å². The molecule has 0 bridgehead atoms. The maximum absolute atomic E-state index is 3.54. The minimum Gasteiger partial charge on any atom is -0.316 e. The van der Waals surface area contributed by atoms with Crippen LogP contribution >= 0.6 is 0 Å². The number of rotatable bonds is 6. The molecule has 0 aliphatic heterocycles. The zero-order valence-corrected chi connectivity index (χ0v) is 10.2. The van der Waals surface area contributed by atoms with Crippen LogP contribution in [0.5, 0.6) is 0 Å². The van der Waals surface area contributed by atoms with Gasteiger partial charge in [0.15, 0.2) is 0 Å². The molecular weight excluding hydrogens is 170 g/mol. The minimum absolute atomic E-state index is 0.852. The molecule has 1 aliphatic carbocycles. The Hall–Kier alpha value is -0.0400. The maximum Gasteiger partial charge on any atom is -0.00205 e. The predicted octanol–water partition coefficient (Wildman–Crippen LogP) is 3.45. The van der Waals surface area contributed by atoms with Gasteiger partial charge in [0.2, 0.25) is 0 Å². The van der Waals surface area contributed by atoms with E-state index in [1.807, 2.05) is 0 Å². The van der Waals surface area contributed by atoms with E-state index in [-0.39, 0.29) is 0 Å². The molecule has 0 spiro atoms. The highest BCUT2D eigenvalue weighted by Crippen LogP contribution is 2.34. The van der Waals surface area contributed by atoms with Gasteiger partial charge in [-0.05, 0) is 37.3 Å². The first-order chi connectivity index (χ1) is 6.75. The minimum atomic E-state index is 0.852. The van der Waals surface area contributed by atoms with Crippen molar-refractivity contribution in [1.29, 1.82) is 0 Å². The second-order valence-corrected chi connectivity index (χ2v) is 5.09. The van der Waals surface area contributed by atoms with E-state index in [1.165, 1.54) is 45.2 Å². The summed E-state index contributed by atoms with van der Waals surface area (Å²) in [5.41, 5.74) is 0. The highest BCUT2D eigenvalue weighted by atomic mass is 14.8. The van der Waals surface area contributed by atoms with Crippen LogP contribution in [0.15, 0.2) is 0 Å². The number of hydrogen-bond acceptors (Lipinski definition) is 1. The molecule has 1 nitrogen and oxygen atoms in total. The molecular formula is C13H27N. The van der Waals surface area contributed by atoms with E-state index < -0.39 is 0 Å². The Bertz CT molecular complexity index is 138. The van der Waals surface area contributed by atoms with Gasteiger partial charge >= 0.3 is 0 Å². The highest BCUT2D eigenvalue weighted by Gasteiger charge is 2.25. The molecule has 0 radical (unpaired) electrons. The molecule has 1 rings (SSSR count). The topological polar surface area (TPSA) is 12.0 Å². The predicted molar refractivity (Wildman–Crippen MR) is 63.4 cm³/mol. The van der Waals surface area contributed by atoms with E-state index in [0.29, 0.717) is 0 Å². The molecule has 1 fully saturated rings. The standard InChI is InChI=1S/C13H27N/c1-4-9-14-10-11(2)12(3)13-7-5-6-8-13/h11-14H,4-10H2,1-3H3. The van der Waals surface area contributed by atoms with Gasteiger partial charge in [-0.25, -0.2) is 0 Å². The Morgan fingerprint density at radius 2 is 1.86 bits per heavy atom. The Balaban J connectivity index is 2.17. The second-order valence-electron chi connectivity index (χ2n) is 5.09. The van der Waals surface area contributed by atoms with E-state index in [2.05, 4.69) is 26.1 Å². The second kappa shape index (κ2) is 6.44. The molecule has 0 saturated heterocycles. The zero-order chi connectivity index (χ0) is 10.4. The van der Waals surface area contributed by atoms with Gasteiger partial charge < -0.3 is 5.32 Å². The molecule has 1 saturated carbocycles. The average molecular weight is 197 g/mol. The fraction of sp³-hybridized carbons (Fsp3) is 1.00. The largest absolute Gasteiger partial charge is 0.316 e. The third-order valence-corrected chi connectivity index (χ3v) is 3.93. The van der Waals surface area contributed by atoms with E-state index in [1.54, 1.807) is 0 Å². The van der Waals surface area contributed by atoms with Crippen molar-refractivity contribution < 1.29 is 0 Å². The van der Waals surface area contributed by atoms with Crippen molar-refractivity contribution in [1.82, 2.24) is 5.32 Å². The van der Waals surface area contributed by atoms with Gasteiger partial charge in [-0.15, -0.1) is 0 Å². The summed E-state index contributed by atoms with van der Waals surface area (Å²) >= 11 is 0. The van der Waals surface area contributed by atoms with Crippen molar-refractivity contribution in [3.05, 3.63) is 0 Å². The Labute approximate surface area is 89.7 Å². The van der Waals surface area contributed by atoms with Crippen molar-refractivity contribution in [3.63, 3.8) is 0 Å². The molecule has 0 aromatic carbocycles. The van der Waals surface area contributed by atoms with Crippen molar-refractivity contribution in [2.75, 3.05) is 13.1 Å². The van der Waals surface area contributed by atoms with Crippen LogP contribution in [0, 0.1) is 17.8 Å². The quantitative estimate of drug-likeness (QED) is 0.643. The van der Waals surface area contributed by atoms with Gasteiger partial charge in [-0.3, -0.25) is 0 Å². The first kappa shape index (κ1) is 12.0. The van der Waals surface area contributed by atoms with Gasteiger partial charge in [0.25, 0.3) is 0 Å². The molecule has 1 aliphatic rings. The molecule has 0 aromatic heterocycles. The lowest BCUT2D eigenvalue weighted by atomic mass is 9.83. The van der Waals surface area contributed by atoms with E-state index >= 15 is 0 Å². The lowest BCUT2D eigenvalue weighted by molar-refractivity contribution is 0.259. The molecule has 2 atom stereocenters. The zero-order valence-electron chi connectivity index (χ0n) is 10.2. The number of hydrogen-bond donors (Lipinski definition) is 1. The summed E-state index contributed by atoms with van der Waals surface area (Å²) in [7, 11) is 0. The van der Waals surface area contributed by atoms with Crippen LogP contribution in [0.2, 0.25) is 0 Å². The Morgan fingerprint density at radius 1 is 1.21 bits per heavy atom. The summed E-state index contributed by atoms with van der Waals surface area (Å²) in [5, 5.41) is 3.54. The Kier molecular flexibility index (Phi) is 5.54. The molecule has 0 heterocycles. The van der Waals surface area contributed by atoms with Gasteiger partial charge in [0, 0.05) is 0 Å². The molecule has 84 valence electrons. The van der Waals surface area contributed by atoms with Crippen LogP contribution in [0.25, 0.3) is 0 Å². The molecule has 0 aromatic rings. The van der Waals surface area contributed by atoms with E-state index in [0.717, 1.165) is 17.8 Å². The SMILES string of the molecule is CCCNCC(C)C(C)C1CCCC1. The van der Waals surface area contributed by atoms with Crippen LogP contribution in [-0.4, -0.2) is 13.1 Å². The summed E-state index contributed by atoms with van der Waals surface area (Å²) < 4.78 is 0. The molecule has 2 unspecified atom stereocenters. The fourth-order valence-electron chi connectivity index (χ4n) is 2.64. The summed E-state index contributed by atoms with van der Waals surface area (Å²) in [4.78, 5) is 0. The lowest BCUT2D eigenvalue weighted by Crippen LogP contribution is -2.28. The normalized spacial score (nSPS) is 22.5. The summed E-state index contributed by atoms with van der Waals surface area (Å²) in [6.45, 7) is 9.49. The van der Waals surface area contributed by atoms with E-state index in [9.17, 15) is 0 Å².